The summed E-state index contributed by atoms with van der Waals surface area (Å²) in [7, 11) is 0. The standard InChI is InChI=1S/C17H18O7/c1-2-8-10(18)6-11(19)9-5-14(22)16(24-17(8)9)7-3-12(20)15(23)13(21)4-7/h3-4,6,14,16,18-23H,2,5H2,1H3/t14-,16-/m1/s1. The summed E-state index contributed by atoms with van der Waals surface area (Å²) in [4.78, 5) is 0. The molecule has 2 atom stereocenters. The Morgan fingerprint density at radius 2 is 1.58 bits per heavy atom. The largest absolute Gasteiger partial charge is 0.507 e. The molecule has 1 aliphatic heterocycles. The molecule has 2 aromatic rings. The Labute approximate surface area is 137 Å². The molecule has 3 rings (SSSR count). The van der Waals surface area contributed by atoms with Crippen molar-refractivity contribution in [2.24, 2.45) is 0 Å². The van der Waals surface area contributed by atoms with Crippen molar-refractivity contribution in [1.82, 2.24) is 0 Å². The normalized spacial score (nSPS) is 19.6. The van der Waals surface area contributed by atoms with Crippen molar-refractivity contribution in [2.75, 3.05) is 0 Å². The van der Waals surface area contributed by atoms with E-state index < -0.39 is 29.5 Å². The van der Waals surface area contributed by atoms with Gasteiger partial charge < -0.3 is 35.4 Å². The number of aromatic hydroxyl groups is 5. The van der Waals surface area contributed by atoms with Crippen LogP contribution in [-0.2, 0) is 12.8 Å². The molecule has 0 aliphatic carbocycles. The minimum atomic E-state index is -1.05. The lowest BCUT2D eigenvalue weighted by atomic mass is 9.91. The zero-order chi connectivity index (χ0) is 17.6. The SMILES string of the molecule is CCc1c(O)cc(O)c2c1O[C@H](c1cc(O)c(O)c(O)c1)[C@H](O)C2. The molecule has 0 saturated carbocycles. The van der Waals surface area contributed by atoms with Crippen LogP contribution in [0, 0.1) is 0 Å². The van der Waals surface area contributed by atoms with Gasteiger partial charge in [0.05, 0.1) is 6.10 Å². The fourth-order valence-electron chi connectivity index (χ4n) is 3.00. The molecule has 7 heteroatoms. The van der Waals surface area contributed by atoms with Crippen molar-refractivity contribution in [3.8, 4) is 34.5 Å². The number of phenolic OH excluding ortho intramolecular Hbond substituents is 5. The van der Waals surface area contributed by atoms with Gasteiger partial charge in [-0.25, -0.2) is 0 Å². The molecule has 2 aromatic carbocycles. The third kappa shape index (κ3) is 2.43. The number of benzene rings is 2. The quantitative estimate of drug-likeness (QED) is 0.462. The van der Waals surface area contributed by atoms with Gasteiger partial charge in [0.1, 0.15) is 17.2 Å². The summed E-state index contributed by atoms with van der Waals surface area (Å²) >= 11 is 0. The molecule has 24 heavy (non-hydrogen) atoms. The van der Waals surface area contributed by atoms with Crippen LogP contribution in [0.2, 0.25) is 0 Å². The summed E-state index contributed by atoms with van der Waals surface area (Å²) in [6, 6.07) is 3.58. The van der Waals surface area contributed by atoms with E-state index in [-0.39, 0.29) is 29.2 Å². The predicted octanol–water partition coefficient (Wildman–Crippen LogP) is 1.81. The zero-order valence-electron chi connectivity index (χ0n) is 12.9. The van der Waals surface area contributed by atoms with Crippen LogP contribution in [0.3, 0.4) is 0 Å². The molecular formula is C17H18O7. The van der Waals surface area contributed by atoms with Gasteiger partial charge in [-0.05, 0) is 18.6 Å². The second kappa shape index (κ2) is 5.68. The lowest BCUT2D eigenvalue weighted by molar-refractivity contribution is 0.0188. The molecule has 0 saturated heterocycles. The second-order valence-corrected chi connectivity index (χ2v) is 5.77. The van der Waals surface area contributed by atoms with Crippen LogP contribution in [0.25, 0.3) is 0 Å². The summed E-state index contributed by atoms with van der Waals surface area (Å²) in [6.45, 7) is 1.81. The zero-order valence-corrected chi connectivity index (χ0v) is 12.9. The van der Waals surface area contributed by atoms with Gasteiger partial charge in [0.15, 0.2) is 23.4 Å². The van der Waals surface area contributed by atoms with E-state index in [0.29, 0.717) is 17.5 Å². The van der Waals surface area contributed by atoms with Gasteiger partial charge in [-0.1, -0.05) is 6.92 Å². The van der Waals surface area contributed by atoms with Gasteiger partial charge in [0.25, 0.3) is 0 Å². The second-order valence-electron chi connectivity index (χ2n) is 5.77. The summed E-state index contributed by atoms with van der Waals surface area (Å²) in [5, 5.41) is 59.1. The number of aliphatic hydroxyl groups excluding tert-OH is 1. The van der Waals surface area contributed by atoms with E-state index in [2.05, 4.69) is 0 Å². The number of hydrogen-bond donors (Lipinski definition) is 6. The first-order valence-electron chi connectivity index (χ1n) is 7.49. The maximum Gasteiger partial charge on any atom is 0.200 e. The molecule has 0 unspecified atom stereocenters. The molecule has 6 N–H and O–H groups in total. The molecule has 0 radical (unpaired) electrons. The van der Waals surface area contributed by atoms with Crippen LogP contribution >= 0.6 is 0 Å². The maximum atomic E-state index is 10.4. The molecule has 0 spiro atoms. The van der Waals surface area contributed by atoms with Gasteiger partial charge in [0, 0.05) is 29.2 Å². The fourth-order valence-corrected chi connectivity index (χ4v) is 3.00. The van der Waals surface area contributed by atoms with Crippen molar-refractivity contribution >= 4 is 0 Å². The van der Waals surface area contributed by atoms with Crippen molar-refractivity contribution in [3.05, 3.63) is 34.9 Å². The molecule has 128 valence electrons. The minimum Gasteiger partial charge on any atom is -0.507 e. The van der Waals surface area contributed by atoms with Crippen molar-refractivity contribution in [3.63, 3.8) is 0 Å². The highest BCUT2D eigenvalue weighted by Gasteiger charge is 2.34. The highest BCUT2D eigenvalue weighted by atomic mass is 16.5. The monoisotopic (exact) mass is 334 g/mol. The number of ether oxygens (including phenoxy) is 1. The van der Waals surface area contributed by atoms with Crippen molar-refractivity contribution < 1.29 is 35.4 Å². The third-order valence-electron chi connectivity index (χ3n) is 4.22. The summed E-state index contributed by atoms with van der Waals surface area (Å²) in [5.74, 6) is -1.75. The Morgan fingerprint density at radius 3 is 2.17 bits per heavy atom. The van der Waals surface area contributed by atoms with Gasteiger partial charge in [-0.2, -0.15) is 0 Å². The summed E-state index contributed by atoms with van der Waals surface area (Å²) in [5.41, 5.74) is 1.14. The summed E-state index contributed by atoms with van der Waals surface area (Å²) < 4.78 is 5.79. The number of rotatable bonds is 2. The van der Waals surface area contributed by atoms with Crippen molar-refractivity contribution in [1.29, 1.82) is 0 Å². The number of phenols is 5. The van der Waals surface area contributed by atoms with Gasteiger partial charge >= 0.3 is 0 Å². The smallest absolute Gasteiger partial charge is 0.200 e. The predicted molar refractivity (Wildman–Crippen MR) is 83.7 cm³/mol. The average molecular weight is 334 g/mol. The summed E-state index contributed by atoms with van der Waals surface area (Å²) in [6.07, 6.45) is -1.48. The molecule has 1 heterocycles. The lowest BCUT2D eigenvalue weighted by Crippen LogP contribution is -2.31. The van der Waals surface area contributed by atoms with Crippen LogP contribution in [0.1, 0.15) is 29.7 Å². The molecular weight excluding hydrogens is 316 g/mol. The topological polar surface area (TPSA) is 131 Å². The van der Waals surface area contributed by atoms with Crippen LogP contribution in [0.5, 0.6) is 34.5 Å². The maximum absolute atomic E-state index is 10.4. The van der Waals surface area contributed by atoms with Crippen LogP contribution in [-0.4, -0.2) is 36.7 Å². The molecule has 1 aliphatic rings. The molecule has 0 fully saturated rings. The Morgan fingerprint density at radius 1 is 0.958 bits per heavy atom. The van der Waals surface area contributed by atoms with Gasteiger partial charge in [-0.15, -0.1) is 0 Å². The van der Waals surface area contributed by atoms with E-state index in [1.807, 2.05) is 6.92 Å². The van der Waals surface area contributed by atoms with E-state index in [1.165, 1.54) is 18.2 Å². The van der Waals surface area contributed by atoms with E-state index in [1.54, 1.807) is 0 Å². The van der Waals surface area contributed by atoms with Crippen LogP contribution < -0.4 is 4.74 Å². The molecule has 0 amide bonds. The molecule has 0 bridgehead atoms. The van der Waals surface area contributed by atoms with Crippen LogP contribution in [0.15, 0.2) is 18.2 Å². The first-order valence-corrected chi connectivity index (χ1v) is 7.49. The lowest BCUT2D eigenvalue weighted by Gasteiger charge is -2.33. The Balaban J connectivity index is 2.09. The molecule has 0 aromatic heterocycles. The van der Waals surface area contributed by atoms with Gasteiger partial charge in [0.2, 0.25) is 0 Å². The first kappa shape index (κ1) is 16.1. The third-order valence-corrected chi connectivity index (χ3v) is 4.22. The number of hydrogen-bond acceptors (Lipinski definition) is 7. The Hall–Kier alpha value is -2.80. The van der Waals surface area contributed by atoms with Crippen LogP contribution in [0.4, 0.5) is 0 Å². The Bertz CT molecular complexity index is 777. The Kier molecular flexibility index (Phi) is 3.81. The van der Waals surface area contributed by atoms with E-state index in [4.69, 9.17) is 4.74 Å². The van der Waals surface area contributed by atoms with Crippen molar-refractivity contribution in [2.45, 2.75) is 32.0 Å². The first-order chi connectivity index (χ1) is 11.3. The van der Waals surface area contributed by atoms with E-state index in [0.717, 1.165) is 0 Å². The molecule has 7 nitrogen and oxygen atoms in total. The van der Waals surface area contributed by atoms with E-state index in [9.17, 15) is 30.6 Å². The number of aliphatic hydroxyl groups is 1. The fraction of sp³-hybridized carbons (Fsp3) is 0.294. The average Bonchev–Trinajstić information content (AvgIpc) is 2.52. The van der Waals surface area contributed by atoms with E-state index >= 15 is 0 Å². The highest BCUT2D eigenvalue weighted by molar-refractivity contribution is 5.58. The minimum absolute atomic E-state index is 0.0709. The highest BCUT2D eigenvalue weighted by Crippen LogP contribution is 2.47. The number of fused-ring (bicyclic) bond motifs is 1. The van der Waals surface area contributed by atoms with Gasteiger partial charge in [-0.3, -0.25) is 0 Å².